The summed E-state index contributed by atoms with van der Waals surface area (Å²) >= 11 is 0. The summed E-state index contributed by atoms with van der Waals surface area (Å²) in [5, 5.41) is 0. The summed E-state index contributed by atoms with van der Waals surface area (Å²) in [6, 6.07) is 7.98. The molecule has 2 aromatic rings. The molecule has 1 aromatic carbocycles. The molecule has 0 aliphatic rings. The second-order valence-electron chi connectivity index (χ2n) is 4.58. The van der Waals surface area contributed by atoms with Crippen molar-refractivity contribution < 1.29 is 4.74 Å². The van der Waals surface area contributed by atoms with Gasteiger partial charge in [0.1, 0.15) is 0 Å². The average molecular weight is 288 g/mol. The van der Waals surface area contributed by atoms with Crippen LogP contribution in [0.4, 0.5) is 5.82 Å². The number of nitrogens with one attached hydrogen (secondary N) is 1. The van der Waals surface area contributed by atoms with Crippen LogP contribution in [0, 0.1) is 0 Å². The highest BCUT2D eigenvalue weighted by Gasteiger charge is 2.16. The molecule has 3 N–H and O–H groups in total. The Hall–Kier alpha value is -2.34. The predicted molar refractivity (Wildman–Crippen MR) is 82.5 cm³/mol. The van der Waals surface area contributed by atoms with E-state index in [4.69, 9.17) is 10.5 Å². The topological polar surface area (TPSA) is 84.2 Å². The van der Waals surface area contributed by atoms with Crippen LogP contribution in [0.5, 0.6) is 5.75 Å². The molecule has 112 valence electrons. The van der Waals surface area contributed by atoms with Gasteiger partial charge in [0, 0.05) is 19.6 Å². The van der Waals surface area contributed by atoms with E-state index in [0.717, 1.165) is 11.1 Å². The van der Waals surface area contributed by atoms with E-state index in [1.54, 1.807) is 0 Å². The Balaban J connectivity index is 2.37. The first-order valence-corrected chi connectivity index (χ1v) is 6.84. The third kappa shape index (κ3) is 3.22. The van der Waals surface area contributed by atoms with Gasteiger partial charge >= 0.3 is 0 Å². The van der Waals surface area contributed by atoms with E-state index >= 15 is 0 Å². The molecule has 6 heteroatoms. The molecule has 0 saturated carbocycles. The number of hydrogen-bond donors (Lipinski definition) is 2. The van der Waals surface area contributed by atoms with Crippen molar-refractivity contribution in [3.8, 4) is 5.75 Å². The molecular weight excluding hydrogens is 268 g/mol. The van der Waals surface area contributed by atoms with E-state index in [1.165, 1.54) is 13.4 Å². The number of benzene rings is 1. The van der Waals surface area contributed by atoms with Gasteiger partial charge in [-0.05, 0) is 18.1 Å². The van der Waals surface area contributed by atoms with E-state index < -0.39 is 0 Å². The van der Waals surface area contributed by atoms with Crippen LogP contribution in [0.3, 0.4) is 0 Å². The van der Waals surface area contributed by atoms with Gasteiger partial charge in [-0.2, -0.15) is 0 Å². The maximum Gasteiger partial charge on any atom is 0.295 e. The van der Waals surface area contributed by atoms with Crippen LogP contribution in [-0.2, 0) is 13.1 Å². The lowest BCUT2D eigenvalue weighted by Gasteiger charge is -2.24. The summed E-state index contributed by atoms with van der Waals surface area (Å²) in [5.74, 6) is 0.764. The monoisotopic (exact) mass is 288 g/mol. The minimum absolute atomic E-state index is 0.226. The number of ether oxygens (including phenoxy) is 1. The van der Waals surface area contributed by atoms with Crippen LogP contribution < -0.4 is 20.9 Å². The van der Waals surface area contributed by atoms with E-state index in [9.17, 15) is 4.79 Å². The zero-order valence-electron chi connectivity index (χ0n) is 12.3. The fourth-order valence-electron chi connectivity index (χ4n) is 2.24. The van der Waals surface area contributed by atoms with Gasteiger partial charge in [-0.15, -0.1) is 0 Å². The number of anilines is 1. The van der Waals surface area contributed by atoms with E-state index in [2.05, 4.69) is 9.97 Å². The maximum absolute atomic E-state index is 11.8. The van der Waals surface area contributed by atoms with E-state index in [0.29, 0.717) is 25.5 Å². The Kier molecular flexibility index (Phi) is 4.94. The molecule has 0 amide bonds. The molecular formula is C15H20N4O2. The molecule has 1 heterocycles. The molecule has 21 heavy (non-hydrogen) atoms. The molecule has 0 aliphatic heterocycles. The molecule has 0 fully saturated rings. The van der Waals surface area contributed by atoms with Crippen molar-refractivity contribution in [1.29, 1.82) is 0 Å². The Morgan fingerprint density at radius 1 is 1.33 bits per heavy atom. The standard InChI is InChI=1S/C15H20N4O2/c1-3-19(9-12-7-5-4-6-11(12)8-16)14-13(21-2)15(20)18-10-17-14/h4-7,10H,3,8-9,16H2,1-2H3,(H,17,18,20). The number of nitrogens with zero attached hydrogens (tertiary/aromatic N) is 2. The molecule has 0 saturated heterocycles. The summed E-state index contributed by atoms with van der Waals surface area (Å²) in [4.78, 5) is 20.6. The molecule has 0 atom stereocenters. The van der Waals surface area contributed by atoms with Crippen LogP contribution in [0.15, 0.2) is 35.4 Å². The SMILES string of the molecule is CCN(Cc1ccccc1CN)c1nc[nH]c(=O)c1OC. The quantitative estimate of drug-likeness (QED) is 0.836. The third-order valence-corrected chi connectivity index (χ3v) is 3.38. The van der Waals surface area contributed by atoms with Gasteiger partial charge in [-0.25, -0.2) is 4.98 Å². The Morgan fingerprint density at radius 2 is 2.05 bits per heavy atom. The number of nitrogens with two attached hydrogens (primary N) is 1. The third-order valence-electron chi connectivity index (χ3n) is 3.38. The van der Waals surface area contributed by atoms with Crippen molar-refractivity contribution >= 4 is 5.82 Å². The number of H-pyrrole nitrogens is 1. The minimum Gasteiger partial charge on any atom is -0.489 e. The lowest BCUT2D eigenvalue weighted by Crippen LogP contribution is -2.27. The normalized spacial score (nSPS) is 10.4. The zero-order chi connectivity index (χ0) is 15.2. The van der Waals surface area contributed by atoms with Crippen molar-refractivity contribution in [3.05, 3.63) is 52.1 Å². The summed E-state index contributed by atoms with van der Waals surface area (Å²) in [6.45, 7) is 3.81. The van der Waals surface area contributed by atoms with Gasteiger partial charge in [0.15, 0.2) is 5.82 Å². The first kappa shape index (κ1) is 15.1. The second kappa shape index (κ2) is 6.90. The van der Waals surface area contributed by atoms with Crippen molar-refractivity contribution in [2.75, 3.05) is 18.6 Å². The predicted octanol–water partition coefficient (Wildman–Crippen LogP) is 1.26. The van der Waals surface area contributed by atoms with Crippen molar-refractivity contribution in [2.45, 2.75) is 20.0 Å². The molecule has 2 rings (SSSR count). The van der Waals surface area contributed by atoms with Crippen LogP contribution >= 0.6 is 0 Å². The number of rotatable bonds is 6. The molecule has 0 aliphatic carbocycles. The molecule has 0 radical (unpaired) electrons. The lowest BCUT2D eigenvalue weighted by molar-refractivity contribution is 0.405. The number of aromatic nitrogens is 2. The van der Waals surface area contributed by atoms with Crippen LogP contribution in [0.2, 0.25) is 0 Å². The Bertz CT molecular complexity index is 654. The van der Waals surface area contributed by atoms with Crippen LogP contribution in [-0.4, -0.2) is 23.6 Å². The van der Waals surface area contributed by atoms with E-state index in [-0.39, 0.29) is 11.3 Å². The molecule has 0 bridgehead atoms. The van der Waals surface area contributed by atoms with Gasteiger partial charge < -0.3 is 20.4 Å². The van der Waals surface area contributed by atoms with Crippen LogP contribution in [0.25, 0.3) is 0 Å². The number of hydrogen-bond acceptors (Lipinski definition) is 5. The van der Waals surface area contributed by atoms with Gasteiger partial charge in [0.25, 0.3) is 5.56 Å². The number of aromatic amines is 1. The maximum atomic E-state index is 11.8. The molecule has 1 aromatic heterocycles. The highest BCUT2D eigenvalue weighted by Crippen LogP contribution is 2.23. The van der Waals surface area contributed by atoms with Crippen molar-refractivity contribution in [2.24, 2.45) is 5.73 Å². The summed E-state index contributed by atoms with van der Waals surface area (Å²) in [6.07, 6.45) is 1.39. The fourth-order valence-corrected chi connectivity index (χ4v) is 2.24. The van der Waals surface area contributed by atoms with Crippen molar-refractivity contribution in [3.63, 3.8) is 0 Å². The molecule has 6 nitrogen and oxygen atoms in total. The lowest BCUT2D eigenvalue weighted by atomic mass is 10.1. The fraction of sp³-hybridized carbons (Fsp3) is 0.333. The summed E-state index contributed by atoms with van der Waals surface area (Å²) < 4.78 is 5.18. The highest BCUT2D eigenvalue weighted by molar-refractivity contribution is 5.51. The molecule has 0 spiro atoms. The second-order valence-corrected chi connectivity index (χ2v) is 4.58. The molecule has 0 unspecified atom stereocenters. The van der Waals surface area contributed by atoms with Crippen LogP contribution in [0.1, 0.15) is 18.1 Å². The van der Waals surface area contributed by atoms with Gasteiger partial charge in [-0.3, -0.25) is 4.79 Å². The van der Waals surface area contributed by atoms with Crippen molar-refractivity contribution in [1.82, 2.24) is 9.97 Å². The average Bonchev–Trinajstić information content (AvgIpc) is 2.52. The smallest absolute Gasteiger partial charge is 0.295 e. The largest absolute Gasteiger partial charge is 0.489 e. The first-order valence-electron chi connectivity index (χ1n) is 6.84. The summed E-state index contributed by atoms with van der Waals surface area (Å²) in [7, 11) is 1.47. The zero-order valence-corrected chi connectivity index (χ0v) is 12.3. The summed E-state index contributed by atoms with van der Waals surface area (Å²) in [5.41, 5.74) is 7.69. The van der Waals surface area contributed by atoms with Gasteiger partial charge in [-0.1, -0.05) is 24.3 Å². The first-order chi connectivity index (χ1) is 10.2. The Morgan fingerprint density at radius 3 is 2.67 bits per heavy atom. The Labute approximate surface area is 123 Å². The van der Waals surface area contributed by atoms with E-state index in [1.807, 2.05) is 36.1 Å². The minimum atomic E-state index is -0.284. The van der Waals surface area contributed by atoms with Gasteiger partial charge in [0.05, 0.1) is 13.4 Å². The number of methoxy groups -OCH3 is 1. The van der Waals surface area contributed by atoms with Gasteiger partial charge in [0.2, 0.25) is 5.75 Å². The highest BCUT2D eigenvalue weighted by atomic mass is 16.5.